The molecule has 11 heteroatoms. The number of carbonyl (C=O) groups excluding carboxylic acids is 5. The number of allylic oxidation sites excluding steroid dienone is 2. The van der Waals surface area contributed by atoms with Gasteiger partial charge in [-0.3, -0.25) is 29.3 Å². The van der Waals surface area contributed by atoms with Crippen molar-refractivity contribution in [1.29, 1.82) is 0 Å². The first-order valence-electron chi connectivity index (χ1n) is 13.1. The molecule has 1 aliphatic carbocycles. The average Bonchev–Trinajstić information content (AvgIpc) is 3.24. The predicted molar refractivity (Wildman–Crippen MR) is 148 cm³/mol. The fourth-order valence-corrected chi connectivity index (χ4v) is 5.04. The molecule has 0 N–H and O–H groups in total. The summed E-state index contributed by atoms with van der Waals surface area (Å²) in [5, 5.41) is 12.6. The Kier molecular flexibility index (Phi) is 7.74. The number of benzene rings is 3. The predicted octanol–water partition coefficient (Wildman–Crippen LogP) is 4.40. The molecule has 0 unspecified atom stereocenters. The van der Waals surface area contributed by atoms with Crippen LogP contribution in [0.1, 0.15) is 50.8 Å². The number of Topliss-reactive ketones (excluding diaryl/α,β-unsaturated/α-hetero) is 1. The van der Waals surface area contributed by atoms with E-state index in [1.165, 1.54) is 36.4 Å². The number of esters is 1. The summed E-state index contributed by atoms with van der Waals surface area (Å²) >= 11 is 0. The van der Waals surface area contributed by atoms with E-state index in [4.69, 9.17) is 4.74 Å². The first-order chi connectivity index (χ1) is 20.1. The van der Waals surface area contributed by atoms with Crippen LogP contribution >= 0.6 is 0 Å². The van der Waals surface area contributed by atoms with E-state index in [1.54, 1.807) is 30.3 Å². The number of nitrogens with zero attached hydrogens (tertiary/aromatic N) is 3. The number of imide groups is 1. The second kappa shape index (κ2) is 11.6. The Bertz CT molecular complexity index is 1610. The van der Waals surface area contributed by atoms with Gasteiger partial charge in [0.15, 0.2) is 5.78 Å². The number of amides is 3. The second-order valence-electron chi connectivity index (χ2n) is 10.1. The maximum atomic E-state index is 13.6. The third-order valence-electron chi connectivity index (χ3n) is 7.29. The molecule has 3 amide bonds. The molecule has 5 rings (SSSR count). The number of ketones is 1. The summed E-state index contributed by atoms with van der Waals surface area (Å²) < 4.78 is 5.35. The fraction of sp³-hybridized carbons (Fsp3) is 0.194. The van der Waals surface area contributed by atoms with Crippen LogP contribution in [0.15, 0.2) is 90.5 Å². The molecule has 11 nitrogen and oxygen atoms in total. The third kappa shape index (κ3) is 5.57. The Hall–Kier alpha value is -5.45. The van der Waals surface area contributed by atoms with Crippen molar-refractivity contribution in [3.8, 4) is 5.75 Å². The van der Waals surface area contributed by atoms with Crippen molar-refractivity contribution in [2.75, 3.05) is 6.54 Å². The standard InChI is InChI=1S/C31H25N3O8/c1-19-7-16-25-26(17-19)30(38)33(29(25)37)32(28(36)21-8-12-23(13-9-21)34(40)41)18-27(35)20-10-14-24(15-11-20)42-31(39)22-5-3-2-4-6-22/h2-15,25-26H,16-18H2,1H3/t25-,26+/m0/s1. The summed E-state index contributed by atoms with van der Waals surface area (Å²) in [7, 11) is 0. The summed E-state index contributed by atoms with van der Waals surface area (Å²) in [5.41, 5.74) is 1.16. The van der Waals surface area contributed by atoms with E-state index in [-0.39, 0.29) is 22.6 Å². The number of hydrogen-bond acceptors (Lipinski definition) is 8. The minimum Gasteiger partial charge on any atom is -0.423 e. The van der Waals surface area contributed by atoms with Gasteiger partial charge >= 0.3 is 5.97 Å². The van der Waals surface area contributed by atoms with Crippen molar-refractivity contribution in [3.05, 3.63) is 117 Å². The van der Waals surface area contributed by atoms with Gasteiger partial charge in [0, 0.05) is 23.3 Å². The number of rotatable bonds is 8. The highest BCUT2D eigenvalue weighted by Crippen LogP contribution is 2.38. The zero-order valence-corrected chi connectivity index (χ0v) is 22.5. The van der Waals surface area contributed by atoms with Crippen LogP contribution in [0.2, 0.25) is 0 Å². The van der Waals surface area contributed by atoms with Gasteiger partial charge in [0.25, 0.3) is 23.4 Å². The number of nitro benzene ring substituents is 1. The molecule has 3 aromatic carbocycles. The van der Waals surface area contributed by atoms with Crippen molar-refractivity contribution < 1.29 is 33.6 Å². The van der Waals surface area contributed by atoms with Crippen LogP contribution in [0, 0.1) is 22.0 Å². The lowest BCUT2D eigenvalue weighted by atomic mass is 9.82. The van der Waals surface area contributed by atoms with Crippen molar-refractivity contribution in [2.24, 2.45) is 11.8 Å². The topological polar surface area (TPSA) is 144 Å². The molecule has 0 bridgehead atoms. The van der Waals surface area contributed by atoms with Crippen molar-refractivity contribution in [1.82, 2.24) is 10.0 Å². The Morgan fingerprint density at radius 3 is 2.14 bits per heavy atom. The van der Waals surface area contributed by atoms with E-state index >= 15 is 0 Å². The highest BCUT2D eigenvalue weighted by Gasteiger charge is 2.51. The zero-order valence-electron chi connectivity index (χ0n) is 22.5. The van der Waals surface area contributed by atoms with Crippen LogP contribution in [0.25, 0.3) is 0 Å². The smallest absolute Gasteiger partial charge is 0.343 e. The summed E-state index contributed by atoms with van der Waals surface area (Å²) in [6.45, 7) is 1.21. The molecule has 3 aromatic rings. The van der Waals surface area contributed by atoms with Gasteiger partial charge in [0.1, 0.15) is 12.3 Å². The summed E-state index contributed by atoms with van der Waals surface area (Å²) in [6.07, 6.45) is 2.59. The van der Waals surface area contributed by atoms with Gasteiger partial charge in [-0.25, -0.2) is 9.80 Å². The normalized spacial score (nSPS) is 17.7. The maximum Gasteiger partial charge on any atom is 0.343 e. The summed E-state index contributed by atoms with van der Waals surface area (Å²) in [6, 6.07) is 18.7. The van der Waals surface area contributed by atoms with Gasteiger partial charge < -0.3 is 4.74 Å². The van der Waals surface area contributed by atoms with Crippen LogP contribution < -0.4 is 4.74 Å². The van der Waals surface area contributed by atoms with E-state index in [0.717, 1.165) is 27.7 Å². The lowest BCUT2D eigenvalue weighted by Crippen LogP contribution is -2.52. The molecular formula is C31H25N3O8. The van der Waals surface area contributed by atoms with E-state index < -0.39 is 52.8 Å². The maximum absolute atomic E-state index is 13.6. The molecule has 1 aliphatic heterocycles. The summed E-state index contributed by atoms with van der Waals surface area (Å²) in [4.78, 5) is 76.6. The number of ether oxygens (including phenoxy) is 1. The molecule has 1 heterocycles. The summed E-state index contributed by atoms with van der Waals surface area (Å²) in [5.74, 6) is -4.27. The fourth-order valence-electron chi connectivity index (χ4n) is 5.04. The van der Waals surface area contributed by atoms with E-state index in [1.807, 2.05) is 13.0 Å². The zero-order chi connectivity index (χ0) is 30.0. The molecule has 0 aromatic heterocycles. The molecule has 0 saturated carbocycles. The van der Waals surface area contributed by atoms with Crippen LogP contribution in [-0.2, 0) is 9.59 Å². The minimum absolute atomic E-state index is 0.0404. The number of hydrogen-bond donors (Lipinski definition) is 0. The van der Waals surface area contributed by atoms with Gasteiger partial charge in [0.2, 0.25) is 0 Å². The molecule has 0 radical (unpaired) electrons. The lowest BCUT2D eigenvalue weighted by molar-refractivity contribution is -0.384. The van der Waals surface area contributed by atoms with Gasteiger partial charge in [-0.05, 0) is 68.3 Å². The Morgan fingerprint density at radius 2 is 1.50 bits per heavy atom. The molecule has 1 saturated heterocycles. The molecular weight excluding hydrogens is 542 g/mol. The van der Waals surface area contributed by atoms with Gasteiger partial charge in [0.05, 0.1) is 22.3 Å². The minimum atomic E-state index is -0.836. The number of hydrazine groups is 1. The van der Waals surface area contributed by atoms with Gasteiger partial charge in [-0.1, -0.05) is 29.8 Å². The number of carbonyl (C=O) groups is 5. The van der Waals surface area contributed by atoms with E-state index in [9.17, 15) is 34.1 Å². The van der Waals surface area contributed by atoms with Crippen LogP contribution in [0.5, 0.6) is 5.75 Å². The first kappa shape index (κ1) is 28.1. The van der Waals surface area contributed by atoms with E-state index in [0.29, 0.717) is 18.4 Å². The highest BCUT2D eigenvalue weighted by atomic mass is 16.6. The molecule has 212 valence electrons. The van der Waals surface area contributed by atoms with Crippen LogP contribution in [-0.4, -0.2) is 51.0 Å². The average molecular weight is 568 g/mol. The van der Waals surface area contributed by atoms with E-state index in [2.05, 4.69) is 0 Å². The molecule has 42 heavy (non-hydrogen) atoms. The Morgan fingerprint density at radius 1 is 0.881 bits per heavy atom. The monoisotopic (exact) mass is 567 g/mol. The molecule has 2 atom stereocenters. The number of non-ortho nitro benzene ring substituents is 1. The van der Waals surface area contributed by atoms with Crippen molar-refractivity contribution in [2.45, 2.75) is 19.8 Å². The van der Waals surface area contributed by atoms with Crippen molar-refractivity contribution in [3.63, 3.8) is 0 Å². The highest BCUT2D eigenvalue weighted by molar-refractivity contribution is 6.10. The Balaban J connectivity index is 1.39. The largest absolute Gasteiger partial charge is 0.423 e. The van der Waals surface area contributed by atoms with Crippen molar-refractivity contribution >= 4 is 35.2 Å². The quantitative estimate of drug-likeness (QED) is 0.0741. The molecule has 1 fully saturated rings. The first-order valence-corrected chi connectivity index (χ1v) is 13.1. The van der Waals surface area contributed by atoms with Crippen LogP contribution in [0.4, 0.5) is 5.69 Å². The Labute approximate surface area is 240 Å². The molecule has 0 spiro atoms. The second-order valence-corrected chi connectivity index (χ2v) is 10.1. The van der Waals surface area contributed by atoms with Gasteiger partial charge in [-0.2, -0.15) is 5.01 Å². The molecule has 2 aliphatic rings. The lowest BCUT2D eigenvalue weighted by Gasteiger charge is -2.30. The SMILES string of the molecule is CC1=CC[C@@H]2C(=O)N(N(CC(=O)c3ccc(OC(=O)c4ccccc4)cc3)C(=O)c3ccc([N+](=O)[O-])cc3)C(=O)[C@@H]2C1. The number of fused-ring (bicyclic) bond motifs is 1. The van der Waals surface area contributed by atoms with Gasteiger partial charge in [-0.15, -0.1) is 0 Å². The van der Waals surface area contributed by atoms with Crippen LogP contribution in [0.3, 0.4) is 0 Å². The third-order valence-corrected chi connectivity index (χ3v) is 7.29. The number of nitro groups is 1.